The molecule has 0 fully saturated rings. The molecule has 0 aliphatic carbocycles. The monoisotopic (exact) mass is 462 g/mol. The Labute approximate surface area is 195 Å². The highest BCUT2D eigenvalue weighted by Crippen LogP contribution is 2.42. The van der Waals surface area contributed by atoms with E-state index in [0.29, 0.717) is 11.3 Å². The molecule has 5 aromatic rings. The Balaban J connectivity index is 1.73. The van der Waals surface area contributed by atoms with Crippen LogP contribution in [0, 0.1) is 26.2 Å². The second kappa shape index (κ2) is 7.55. The molecule has 174 valence electrons. The summed E-state index contributed by atoms with van der Waals surface area (Å²) >= 11 is 0. The van der Waals surface area contributed by atoms with E-state index in [2.05, 4.69) is 18.0 Å². The van der Waals surface area contributed by atoms with Gasteiger partial charge >= 0.3 is 6.18 Å². The molecule has 0 saturated heterocycles. The number of furan rings is 1. The number of pyridine rings is 2. The Morgan fingerprint density at radius 3 is 2.35 bits per heavy atom. The van der Waals surface area contributed by atoms with Gasteiger partial charge in [-0.3, -0.25) is 4.98 Å². The summed E-state index contributed by atoms with van der Waals surface area (Å²) in [7, 11) is 0. The second-order valence-electron chi connectivity index (χ2n) is 9.75. The zero-order chi connectivity index (χ0) is 24.4. The fraction of sp³-hybridized carbons (Fsp3) is 0.286. The molecular formula is C28H25F3N2O. The van der Waals surface area contributed by atoms with Crippen LogP contribution in [0.15, 0.2) is 53.1 Å². The molecule has 5 rings (SSSR count). The minimum atomic E-state index is -4.27. The molecule has 0 radical (unpaired) electrons. The van der Waals surface area contributed by atoms with E-state index in [-0.39, 0.29) is 6.42 Å². The van der Waals surface area contributed by atoms with E-state index in [1.165, 1.54) is 13.8 Å². The quantitative estimate of drug-likeness (QED) is 0.271. The van der Waals surface area contributed by atoms with Crippen LogP contribution in [0.2, 0.25) is 0 Å². The van der Waals surface area contributed by atoms with E-state index in [9.17, 15) is 13.2 Å². The third kappa shape index (κ3) is 3.52. The van der Waals surface area contributed by atoms with E-state index in [1.54, 1.807) is 12.3 Å². The van der Waals surface area contributed by atoms with Gasteiger partial charge in [0.05, 0.1) is 11.1 Å². The van der Waals surface area contributed by atoms with Crippen molar-refractivity contribution in [2.45, 2.75) is 47.2 Å². The maximum atomic E-state index is 13.4. The molecule has 3 nitrogen and oxygen atoms in total. The highest BCUT2D eigenvalue weighted by molar-refractivity contribution is 6.12. The van der Waals surface area contributed by atoms with E-state index in [4.69, 9.17) is 9.40 Å². The first kappa shape index (κ1) is 22.4. The molecule has 3 heterocycles. The minimum Gasteiger partial charge on any atom is -0.437 e. The molecule has 0 N–H and O–H groups in total. The molecular weight excluding hydrogens is 437 g/mol. The van der Waals surface area contributed by atoms with Crippen molar-refractivity contribution in [3.8, 4) is 11.3 Å². The molecule has 0 atom stereocenters. The van der Waals surface area contributed by atoms with Crippen LogP contribution in [0.5, 0.6) is 0 Å². The third-order valence-electron chi connectivity index (χ3n) is 6.77. The van der Waals surface area contributed by atoms with Crippen molar-refractivity contribution in [2.24, 2.45) is 5.41 Å². The lowest BCUT2D eigenvalue weighted by Crippen LogP contribution is -2.34. The summed E-state index contributed by atoms with van der Waals surface area (Å²) in [6.07, 6.45) is -2.66. The number of benzene rings is 2. The third-order valence-corrected chi connectivity index (χ3v) is 6.77. The predicted octanol–water partition coefficient (Wildman–Crippen LogP) is 8.25. The van der Waals surface area contributed by atoms with Crippen molar-refractivity contribution >= 4 is 32.8 Å². The summed E-state index contributed by atoms with van der Waals surface area (Å²) in [6, 6.07) is 13.4. The number of rotatable bonds is 3. The van der Waals surface area contributed by atoms with Crippen LogP contribution in [-0.4, -0.2) is 16.1 Å². The van der Waals surface area contributed by atoms with Crippen molar-refractivity contribution in [2.75, 3.05) is 0 Å². The first-order chi connectivity index (χ1) is 16.0. The summed E-state index contributed by atoms with van der Waals surface area (Å²) in [5.74, 6) is 0. The summed E-state index contributed by atoms with van der Waals surface area (Å²) in [4.78, 5) is 9.26. The molecule has 0 aliphatic heterocycles. The van der Waals surface area contributed by atoms with Gasteiger partial charge in [0.2, 0.25) is 5.71 Å². The lowest BCUT2D eigenvalue weighted by Gasteiger charge is -2.27. The van der Waals surface area contributed by atoms with Gasteiger partial charge in [0, 0.05) is 33.6 Å². The zero-order valence-electron chi connectivity index (χ0n) is 19.8. The van der Waals surface area contributed by atoms with Gasteiger partial charge in [-0.05, 0) is 73.5 Å². The average Bonchev–Trinajstić information content (AvgIpc) is 3.10. The number of hydrogen-bond acceptors (Lipinski definition) is 3. The lowest BCUT2D eigenvalue weighted by atomic mass is 9.84. The summed E-state index contributed by atoms with van der Waals surface area (Å²) in [6.45, 7) is 8.49. The smallest absolute Gasteiger partial charge is 0.394 e. The predicted molar refractivity (Wildman–Crippen MR) is 130 cm³/mol. The van der Waals surface area contributed by atoms with Crippen LogP contribution < -0.4 is 0 Å². The number of halogens is 3. The maximum Gasteiger partial charge on any atom is 0.394 e. The lowest BCUT2D eigenvalue weighted by molar-refractivity contribution is -0.211. The molecule has 0 aliphatic rings. The van der Waals surface area contributed by atoms with Crippen molar-refractivity contribution in [1.82, 2.24) is 9.97 Å². The fourth-order valence-corrected chi connectivity index (χ4v) is 4.54. The van der Waals surface area contributed by atoms with Crippen molar-refractivity contribution in [3.05, 3.63) is 71.0 Å². The van der Waals surface area contributed by atoms with E-state index in [0.717, 1.165) is 55.2 Å². The minimum absolute atomic E-state index is 0.0909. The number of nitrogens with zero attached hydrogens (tertiary/aromatic N) is 2. The van der Waals surface area contributed by atoms with Crippen molar-refractivity contribution < 1.29 is 17.6 Å². The maximum absolute atomic E-state index is 13.4. The van der Waals surface area contributed by atoms with E-state index in [1.807, 2.05) is 44.2 Å². The summed E-state index contributed by atoms with van der Waals surface area (Å²) < 4.78 is 46.6. The molecule has 0 amide bonds. The van der Waals surface area contributed by atoms with Gasteiger partial charge in [-0.2, -0.15) is 13.2 Å². The highest BCUT2D eigenvalue weighted by Gasteiger charge is 2.46. The number of hydrogen-bond donors (Lipinski definition) is 0. The number of fused-ring (bicyclic) bond motifs is 4. The van der Waals surface area contributed by atoms with Crippen LogP contribution >= 0.6 is 0 Å². The molecule has 0 saturated carbocycles. The van der Waals surface area contributed by atoms with Crippen molar-refractivity contribution in [3.63, 3.8) is 0 Å². The Morgan fingerprint density at radius 1 is 0.882 bits per heavy atom. The van der Waals surface area contributed by atoms with Gasteiger partial charge < -0.3 is 4.42 Å². The van der Waals surface area contributed by atoms with Crippen molar-refractivity contribution in [1.29, 1.82) is 0 Å². The first-order valence-corrected chi connectivity index (χ1v) is 11.2. The molecule has 0 unspecified atom stereocenters. The van der Waals surface area contributed by atoms with Gasteiger partial charge in [-0.15, -0.1) is 0 Å². The van der Waals surface area contributed by atoms with Crippen LogP contribution in [0.1, 0.15) is 36.2 Å². The number of alkyl halides is 3. The molecule has 3 aromatic heterocycles. The molecule has 0 bridgehead atoms. The first-order valence-electron chi connectivity index (χ1n) is 11.2. The normalized spacial score (nSPS) is 12.8. The van der Waals surface area contributed by atoms with Gasteiger partial charge in [0.1, 0.15) is 5.58 Å². The Bertz CT molecular complexity index is 1580. The highest BCUT2D eigenvalue weighted by atomic mass is 19.4. The van der Waals surface area contributed by atoms with Crippen LogP contribution in [0.25, 0.3) is 44.1 Å². The SMILES string of the molecule is Cc1ccc2c(n1)oc1c(-c3nccc4cc(CC(C)(C)C(F)(F)F)ccc34)c(C)c(C)cc12. The van der Waals surface area contributed by atoms with Crippen LogP contribution in [0.3, 0.4) is 0 Å². The fourth-order valence-electron chi connectivity index (χ4n) is 4.54. The topological polar surface area (TPSA) is 38.9 Å². The van der Waals surface area contributed by atoms with Gasteiger partial charge in [0.15, 0.2) is 0 Å². The van der Waals surface area contributed by atoms with Gasteiger partial charge in [-0.1, -0.05) is 32.0 Å². The largest absolute Gasteiger partial charge is 0.437 e. The summed E-state index contributed by atoms with van der Waals surface area (Å²) in [5.41, 5.74) is 4.80. The molecule has 0 spiro atoms. The molecule has 34 heavy (non-hydrogen) atoms. The molecule has 2 aromatic carbocycles. The Morgan fingerprint density at radius 2 is 1.62 bits per heavy atom. The standard InChI is InChI=1S/C28H25F3N2O/c1-15-12-22-21-8-6-16(2)33-26(21)34-25(22)23(17(15)3)24-20-9-7-18(13-19(20)10-11-32-24)14-27(4,5)28(29,30)31/h6-13H,14H2,1-5H3. The van der Waals surface area contributed by atoms with Crippen LogP contribution in [0.4, 0.5) is 13.2 Å². The van der Waals surface area contributed by atoms with Gasteiger partial charge in [-0.25, -0.2) is 4.98 Å². The average molecular weight is 463 g/mol. The molecule has 6 heteroatoms. The van der Waals surface area contributed by atoms with Gasteiger partial charge in [0.25, 0.3) is 0 Å². The van der Waals surface area contributed by atoms with Crippen LogP contribution in [-0.2, 0) is 6.42 Å². The number of aryl methyl sites for hydroxylation is 2. The number of aromatic nitrogens is 2. The Kier molecular flexibility index (Phi) is 4.97. The second-order valence-corrected chi connectivity index (χ2v) is 9.75. The van der Waals surface area contributed by atoms with E-state index >= 15 is 0 Å². The van der Waals surface area contributed by atoms with E-state index < -0.39 is 11.6 Å². The summed E-state index contributed by atoms with van der Waals surface area (Å²) in [5, 5.41) is 3.64. The Hall–Kier alpha value is -3.41. The zero-order valence-corrected chi connectivity index (χ0v) is 19.8.